The molecule has 0 aliphatic rings. The van der Waals surface area contributed by atoms with Crippen molar-refractivity contribution in [2.75, 3.05) is 0 Å². The number of carbonyl (C=O) groups is 1. The third-order valence-corrected chi connectivity index (χ3v) is 3.14. The predicted molar refractivity (Wildman–Crippen MR) is 68.3 cm³/mol. The molecule has 0 fully saturated rings. The summed E-state index contributed by atoms with van der Waals surface area (Å²) in [7, 11) is 0. The Bertz CT molecular complexity index is 766. The Morgan fingerprint density at radius 2 is 2.17 bits per heavy atom. The number of halogens is 2. The molecule has 0 aliphatic heterocycles. The van der Waals surface area contributed by atoms with Gasteiger partial charge in [-0.2, -0.15) is 0 Å². The summed E-state index contributed by atoms with van der Waals surface area (Å²) in [6.07, 6.45) is 2.76. The number of hydrogen-bond acceptors (Lipinski definition) is 2. The molecule has 1 aromatic carbocycles. The monoisotopic (exact) mass is 262 g/mol. The zero-order valence-corrected chi connectivity index (χ0v) is 9.96. The number of hydrogen-bond donors (Lipinski definition) is 1. The van der Waals surface area contributed by atoms with Crippen molar-refractivity contribution in [1.29, 1.82) is 0 Å². The molecule has 0 radical (unpaired) electrons. The molecule has 3 aromatic rings. The van der Waals surface area contributed by atoms with Gasteiger partial charge in [0.05, 0.1) is 16.1 Å². The van der Waals surface area contributed by atoms with Gasteiger partial charge in [-0.25, -0.2) is 4.39 Å². The highest BCUT2D eigenvalue weighted by Gasteiger charge is 2.10. The fourth-order valence-corrected chi connectivity index (χ4v) is 2.18. The SMILES string of the molecule is O=CCc1cnc2c(c1)[nH]c1cc(Cl)c(F)cc12. The number of fused-ring (bicyclic) bond motifs is 3. The van der Waals surface area contributed by atoms with Gasteiger partial charge in [-0.1, -0.05) is 11.6 Å². The van der Waals surface area contributed by atoms with Crippen molar-refractivity contribution >= 4 is 39.8 Å². The van der Waals surface area contributed by atoms with Crippen molar-refractivity contribution in [2.24, 2.45) is 0 Å². The maximum Gasteiger partial charge on any atom is 0.142 e. The summed E-state index contributed by atoms with van der Waals surface area (Å²) < 4.78 is 13.4. The Morgan fingerprint density at radius 3 is 2.94 bits per heavy atom. The molecule has 18 heavy (non-hydrogen) atoms. The van der Waals surface area contributed by atoms with E-state index in [1.165, 1.54) is 12.1 Å². The summed E-state index contributed by atoms with van der Waals surface area (Å²) in [6, 6.07) is 4.73. The van der Waals surface area contributed by atoms with Crippen LogP contribution in [0.1, 0.15) is 5.56 Å². The lowest BCUT2D eigenvalue weighted by molar-refractivity contribution is -0.107. The van der Waals surface area contributed by atoms with E-state index in [4.69, 9.17) is 11.6 Å². The number of aldehydes is 1. The standard InChI is InChI=1S/C13H8ClFN2O/c14-9-5-11-8(4-10(9)15)13-12(17-11)3-7(1-2-18)6-16-13/h2-6,17H,1H2. The van der Waals surface area contributed by atoms with E-state index >= 15 is 0 Å². The topological polar surface area (TPSA) is 45.8 Å². The average Bonchev–Trinajstić information content (AvgIpc) is 2.67. The van der Waals surface area contributed by atoms with Gasteiger partial charge < -0.3 is 9.78 Å². The molecule has 0 aliphatic carbocycles. The summed E-state index contributed by atoms with van der Waals surface area (Å²) in [4.78, 5) is 17.8. The van der Waals surface area contributed by atoms with E-state index in [-0.39, 0.29) is 5.02 Å². The Kier molecular flexibility index (Phi) is 2.52. The smallest absolute Gasteiger partial charge is 0.142 e. The number of aromatic amines is 1. The van der Waals surface area contributed by atoms with E-state index in [2.05, 4.69) is 9.97 Å². The summed E-state index contributed by atoms with van der Waals surface area (Å²) >= 11 is 5.73. The maximum absolute atomic E-state index is 13.4. The Labute approximate surface area is 107 Å². The van der Waals surface area contributed by atoms with E-state index in [0.29, 0.717) is 17.3 Å². The molecule has 90 valence electrons. The van der Waals surface area contributed by atoms with Crippen LogP contribution in [0.25, 0.3) is 21.9 Å². The van der Waals surface area contributed by atoms with E-state index in [1.807, 2.05) is 6.07 Å². The Balaban J connectivity index is 2.32. The molecule has 5 heteroatoms. The van der Waals surface area contributed by atoms with Gasteiger partial charge in [0, 0.05) is 23.5 Å². The molecule has 0 atom stereocenters. The second-order valence-electron chi connectivity index (χ2n) is 4.05. The summed E-state index contributed by atoms with van der Waals surface area (Å²) in [5, 5.41) is 0.756. The third-order valence-electron chi connectivity index (χ3n) is 2.85. The molecule has 1 N–H and O–H groups in total. The van der Waals surface area contributed by atoms with Gasteiger partial charge in [-0.15, -0.1) is 0 Å². The van der Waals surface area contributed by atoms with Crippen molar-refractivity contribution in [2.45, 2.75) is 6.42 Å². The lowest BCUT2D eigenvalue weighted by atomic mass is 10.2. The first kappa shape index (κ1) is 11.2. The number of H-pyrrole nitrogens is 1. The highest BCUT2D eigenvalue weighted by atomic mass is 35.5. The molecule has 0 saturated carbocycles. The van der Waals surface area contributed by atoms with Gasteiger partial charge in [0.2, 0.25) is 0 Å². The number of carbonyl (C=O) groups excluding carboxylic acids is 1. The first-order valence-corrected chi connectivity index (χ1v) is 5.76. The van der Waals surface area contributed by atoms with Crippen LogP contribution in [-0.4, -0.2) is 16.3 Å². The van der Waals surface area contributed by atoms with E-state index in [0.717, 1.165) is 22.9 Å². The molecule has 3 rings (SSSR count). The zero-order valence-electron chi connectivity index (χ0n) is 9.21. The van der Waals surface area contributed by atoms with Crippen LogP contribution in [-0.2, 0) is 11.2 Å². The normalized spacial score (nSPS) is 11.2. The second-order valence-corrected chi connectivity index (χ2v) is 4.45. The van der Waals surface area contributed by atoms with Crippen LogP contribution in [0.3, 0.4) is 0 Å². The molecule has 3 nitrogen and oxygen atoms in total. The maximum atomic E-state index is 13.4. The average molecular weight is 263 g/mol. The number of benzene rings is 1. The number of nitrogens with one attached hydrogen (secondary N) is 1. The van der Waals surface area contributed by atoms with Crippen LogP contribution >= 0.6 is 11.6 Å². The van der Waals surface area contributed by atoms with Crippen LogP contribution in [0.5, 0.6) is 0 Å². The highest BCUT2D eigenvalue weighted by molar-refractivity contribution is 6.31. The minimum atomic E-state index is -0.469. The molecule has 0 saturated heterocycles. The Hall–Kier alpha value is -1.94. The zero-order chi connectivity index (χ0) is 12.7. The quantitative estimate of drug-likeness (QED) is 0.721. The highest BCUT2D eigenvalue weighted by Crippen LogP contribution is 2.28. The molecule has 0 amide bonds. The first-order chi connectivity index (χ1) is 8.69. The third kappa shape index (κ3) is 1.66. The van der Waals surface area contributed by atoms with Gasteiger partial charge in [0.15, 0.2) is 0 Å². The van der Waals surface area contributed by atoms with E-state index in [1.54, 1.807) is 6.20 Å². The second kappa shape index (κ2) is 4.07. The molecule has 0 bridgehead atoms. The molecule has 2 heterocycles. The predicted octanol–water partition coefficient (Wildman–Crippen LogP) is 3.25. The van der Waals surface area contributed by atoms with Crippen LogP contribution in [0, 0.1) is 5.82 Å². The van der Waals surface area contributed by atoms with Crippen molar-refractivity contribution < 1.29 is 9.18 Å². The van der Waals surface area contributed by atoms with Gasteiger partial charge in [0.1, 0.15) is 12.1 Å². The van der Waals surface area contributed by atoms with Gasteiger partial charge in [-0.05, 0) is 23.8 Å². The first-order valence-electron chi connectivity index (χ1n) is 5.38. The fraction of sp³-hybridized carbons (Fsp3) is 0.0769. The lowest BCUT2D eigenvalue weighted by Gasteiger charge is -1.95. The largest absolute Gasteiger partial charge is 0.353 e. The molecular formula is C13H8ClFN2O. The molecule has 2 aromatic heterocycles. The fourth-order valence-electron chi connectivity index (χ4n) is 2.02. The minimum absolute atomic E-state index is 0.0715. The van der Waals surface area contributed by atoms with Crippen LogP contribution in [0.4, 0.5) is 4.39 Å². The van der Waals surface area contributed by atoms with Gasteiger partial charge >= 0.3 is 0 Å². The summed E-state index contributed by atoms with van der Waals surface area (Å²) in [6.45, 7) is 0. The van der Waals surface area contributed by atoms with E-state index < -0.39 is 5.82 Å². The molecule has 0 unspecified atom stereocenters. The number of nitrogens with zero attached hydrogens (tertiary/aromatic N) is 1. The van der Waals surface area contributed by atoms with Crippen LogP contribution in [0.15, 0.2) is 24.4 Å². The summed E-state index contributed by atoms with van der Waals surface area (Å²) in [5.74, 6) is -0.469. The molecule has 0 spiro atoms. The van der Waals surface area contributed by atoms with E-state index in [9.17, 15) is 9.18 Å². The van der Waals surface area contributed by atoms with Crippen molar-refractivity contribution in [3.8, 4) is 0 Å². The lowest BCUT2D eigenvalue weighted by Crippen LogP contribution is -1.87. The van der Waals surface area contributed by atoms with Crippen molar-refractivity contribution in [3.63, 3.8) is 0 Å². The van der Waals surface area contributed by atoms with Gasteiger partial charge in [-0.3, -0.25) is 4.98 Å². The van der Waals surface area contributed by atoms with Crippen molar-refractivity contribution in [3.05, 3.63) is 40.8 Å². The summed E-state index contributed by atoms with van der Waals surface area (Å²) in [5.41, 5.74) is 2.99. The number of aromatic nitrogens is 2. The Morgan fingerprint density at radius 1 is 1.33 bits per heavy atom. The van der Waals surface area contributed by atoms with Gasteiger partial charge in [0.25, 0.3) is 0 Å². The number of rotatable bonds is 2. The number of pyridine rings is 1. The van der Waals surface area contributed by atoms with Crippen LogP contribution in [0.2, 0.25) is 5.02 Å². The molecular weight excluding hydrogens is 255 g/mol. The van der Waals surface area contributed by atoms with Crippen molar-refractivity contribution in [1.82, 2.24) is 9.97 Å². The van der Waals surface area contributed by atoms with Crippen LogP contribution < -0.4 is 0 Å². The minimum Gasteiger partial charge on any atom is -0.353 e.